The van der Waals surface area contributed by atoms with E-state index in [0.717, 1.165) is 10.7 Å². The average molecular weight is 286 g/mol. The van der Waals surface area contributed by atoms with Gasteiger partial charge >= 0.3 is 0 Å². The Kier molecular flexibility index (Phi) is 3.56. The number of rotatable bonds is 4. The van der Waals surface area contributed by atoms with Crippen molar-refractivity contribution in [2.75, 3.05) is 0 Å². The third-order valence-electron chi connectivity index (χ3n) is 2.88. The number of hydrogen-bond donors (Lipinski definition) is 0. The van der Waals surface area contributed by atoms with Crippen molar-refractivity contribution >= 4 is 11.8 Å². The fourth-order valence-electron chi connectivity index (χ4n) is 1.78. The summed E-state index contributed by atoms with van der Waals surface area (Å²) in [6.07, 6.45) is 3.69. The normalized spacial score (nSPS) is 12.5. The van der Waals surface area contributed by atoms with E-state index < -0.39 is 0 Å². The summed E-state index contributed by atoms with van der Waals surface area (Å²) in [5.41, 5.74) is 0.955. The second-order valence-electron chi connectivity index (χ2n) is 4.40. The molecule has 0 saturated heterocycles. The molecule has 2 heterocycles. The van der Waals surface area contributed by atoms with Gasteiger partial charge in [0.05, 0.1) is 5.25 Å². The summed E-state index contributed by atoms with van der Waals surface area (Å²) in [5, 5.41) is 5.02. The van der Waals surface area contributed by atoms with Crippen molar-refractivity contribution in [1.82, 2.24) is 19.7 Å². The van der Waals surface area contributed by atoms with Crippen LogP contribution in [0.25, 0.3) is 11.4 Å². The van der Waals surface area contributed by atoms with Crippen LogP contribution >= 0.6 is 11.8 Å². The van der Waals surface area contributed by atoms with Gasteiger partial charge in [-0.15, -0.1) is 0 Å². The number of hydrogen-bond acceptors (Lipinski definition) is 5. The van der Waals surface area contributed by atoms with Crippen molar-refractivity contribution in [3.8, 4) is 11.4 Å². The van der Waals surface area contributed by atoms with Gasteiger partial charge in [-0.3, -0.25) is 0 Å². The average Bonchev–Trinajstić information content (AvgIpc) is 3.10. The molecule has 3 aromatic rings. The summed E-state index contributed by atoms with van der Waals surface area (Å²) in [4.78, 5) is 8.74. The zero-order valence-corrected chi connectivity index (χ0v) is 12.0. The molecule has 0 radical (unpaired) electrons. The zero-order chi connectivity index (χ0) is 13.9. The number of aromatic nitrogens is 4. The highest BCUT2D eigenvalue weighted by Crippen LogP contribution is 2.33. The lowest BCUT2D eigenvalue weighted by molar-refractivity contribution is 0.380. The molecule has 0 fully saturated rings. The number of aryl methyl sites for hydroxylation is 1. The van der Waals surface area contributed by atoms with E-state index in [1.54, 1.807) is 18.0 Å². The molecular weight excluding hydrogens is 272 g/mol. The minimum Gasteiger partial charge on any atom is -0.338 e. The standard InChI is InChI=1S/C14H14N4OS/c1-10(20-14-15-8-9-18(14)2)13-16-12(17-19-13)11-6-4-3-5-7-11/h3-10H,1-2H3. The maximum absolute atomic E-state index is 5.35. The Labute approximate surface area is 121 Å². The van der Waals surface area contributed by atoms with Gasteiger partial charge in [0.25, 0.3) is 0 Å². The summed E-state index contributed by atoms with van der Waals surface area (Å²) in [6, 6.07) is 9.80. The molecule has 1 aromatic carbocycles. The van der Waals surface area contributed by atoms with E-state index in [0.29, 0.717) is 11.7 Å². The Morgan fingerprint density at radius 1 is 1.25 bits per heavy atom. The van der Waals surface area contributed by atoms with E-state index in [2.05, 4.69) is 15.1 Å². The molecule has 6 heteroatoms. The molecule has 0 aliphatic rings. The predicted molar refractivity (Wildman–Crippen MR) is 77.2 cm³/mol. The van der Waals surface area contributed by atoms with Crippen molar-refractivity contribution < 1.29 is 4.52 Å². The van der Waals surface area contributed by atoms with Crippen molar-refractivity contribution in [2.24, 2.45) is 7.05 Å². The third kappa shape index (κ3) is 2.60. The van der Waals surface area contributed by atoms with Crippen molar-refractivity contribution in [2.45, 2.75) is 17.3 Å². The molecule has 102 valence electrons. The molecule has 0 aliphatic carbocycles. The topological polar surface area (TPSA) is 56.7 Å². The smallest absolute Gasteiger partial charge is 0.240 e. The van der Waals surface area contributed by atoms with Gasteiger partial charge in [-0.1, -0.05) is 47.3 Å². The van der Waals surface area contributed by atoms with E-state index in [1.165, 1.54) is 0 Å². The molecule has 3 rings (SSSR count). The van der Waals surface area contributed by atoms with Crippen LogP contribution in [0.5, 0.6) is 0 Å². The highest BCUT2D eigenvalue weighted by Gasteiger charge is 2.18. The minimum absolute atomic E-state index is 0.0565. The Hall–Kier alpha value is -2.08. The monoisotopic (exact) mass is 286 g/mol. The van der Waals surface area contributed by atoms with Crippen LogP contribution in [0, 0.1) is 0 Å². The van der Waals surface area contributed by atoms with Gasteiger partial charge in [0.2, 0.25) is 11.7 Å². The fourth-order valence-corrected chi connectivity index (χ4v) is 2.64. The summed E-state index contributed by atoms with van der Waals surface area (Å²) >= 11 is 1.59. The lowest BCUT2D eigenvalue weighted by Crippen LogP contribution is -1.94. The molecule has 0 bridgehead atoms. The van der Waals surface area contributed by atoms with E-state index in [4.69, 9.17) is 4.52 Å². The Morgan fingerprint density at radius 2 is 2.05 bits per heavy atom. The second kappa shape index (κ2) is 5.50. The Bertz CT molecular complexity index is 692. The van der Waals surface area contributed by atoms with Gasteiger partial charge in [0, 0.05) is 25.0 Å². The number of nitrogens with zero attached hydrogens (tertiary/aromatic N) is 4. The van der Waals surface area contributed by atoms with Gasteiger partial charge in [-0.05, 0) is 6.92 Å². The van der Waals surface area contributed by atoms with Crippen molar-refractivity contribution in [1.29, 1.82) is 0 Å². The molecule has 0 N–H and O–H groups in total. The fraction of sp³-hybridized carbons (Fsp3) is 0.214. The van der Waals surface area contributed by atoms with Crippen LogP contribution in [0.3, 0.4) is 0 Å². The number of imidazole rings is 1. The molecule has 2 aromatic heterocycles. The number of benzene rings is 1. The molecule has 0 spiro atoms. The highest BCUT2D eigenvalue weighted by molar-refractivity contribution is 7.99. The van der Waals surface area contributed by atoms with E-state index >= 15 is 0 Å². The highest BCUT2D eigenvalue weighted by atomic mass is 32.2. The SMILES string of the molecule is CC(Sc1nccn1C)c1nc(-c2ccccc2)no1. The maximum atomic E-state index is 5.35. The largest absolute Gasteiger partial charge is 0.338 e. The molecule has 0 amide bonds. The Balaban J connectivity index is 1.78. The van der Waals surface area contributed by atoms with Crippen LogP contribution < -0.4 is 0 Å². The van der Waals surface area contributed by atoms with E-state index in [1.807, 2.05) is 55.1 Å². The third-order valence-corrected chi connectivity index (χ3v) is 4.04. The number of thioether (sulfide) groups is 1. The van der Waals surface area contributed by atoms with Gasteiger partial charge < -0.3 is 9.09 Å². The van der Waals surface area contributed by atoms with Crippen LogP contribution in [-0.2, 0) is 7.05 Å². The van der Waals surface area contributed by atoms with Crippen LogP contribution in [0.2, 0.25) is 0 Å². The van der Waals surface area contributed by atoms with Crippen molar-refractivity contribution in [3.05, 3.63) is 48.6 Å². The molecule has 0 aliphatic heterocycles. The second-order valence-corrected chi connectivity index (χ2v) is 5.71. The molecule has 1 atom stereocenters. The van der Waals surface area contributed by atoms with Crippen LogP contribution in [0.4, 0.5) is 0 Å². The summed E-state index contributed by atoms with van der Waals surface area (Å²) < 4.78 is 7.32. The van der Waals surface area contributed by atoms with Crippen LogP contribution in [-0.4, -0.2) is 19.7 Å². The summed E-state index contributed by atoms with van der Waals surface area (Å²) in [6.45, 7) is 2.03. The van der Waals surface area contributed by atoms with E-state index in [-0.39, 0.29) is 5.25 Å². The first-order valence-corrected chi connectivity index (χ1v) is 7.15. The lowest BCUT2D eigenvalue weighted by atomic mass is 10.2. The quantitative estimate of drug-likeness (QED) is 0.689. The summed E-state index contributed by atoms with van der Waals surface area (Å²) in [5.74, 6) is 1.23. The maximum Gasteiger partial charge on any atom is 0.240 e. The molecule has 20 heavy (non-hydrogen) atoms. The summed E-state index contributed by atoms with van der Waals surface area (Å²) in [7, 11) is 1.96. The van der Waals surface area contributed by atoms with Gasteiger partial charge in [0.1, 0.15) is 0 Å². The molecule has 5 nitrogen and oxygen atoms in total. The van der Waals surface area contributed by atoms with Crippen LogP contribution in [0.1, 0.15) is 18.1 Å². The predicted octanol–water partition coefficient (Wildman–Crippen LogP) is 3.32. The zero-order valence-electron chi connectivity index (χ0n) is 11.2. The minimum atomic E-state index is 0.0565. The van der Waals surface area contributed by atoms with Gasteiger partial charge in [-0.2, -0.15) is 4.98 Å². The first kappa shape index (κ1) is 12.9. The molecule has 1 unspecified atom stereocenters. The first-order chi connectivity index (χ1) is 9.74. The molecule has 0 saturated carbocycles. The first-order valence-electron chi connectivity index (χ1n) is 6.27. The Morgan fingerprint density at radius 3 is 2.75 bits per heavy atom. The van der Waals surface area contributed by atoms with Gasteiger partial charge in [0.15, 0.2) is 5.16 Å². The molecular formula is C14H14N4OS. The van der Waals surface area contributed by atoms with Gasteiger partial charge in [-0.25, -0.2) is 4.98 Å². The lowest BCUT2D eigenvalue weighted by Gasteiger charge is -2.05. The van der Waals surface area contributed by atoms with Crippen LogP contribution in [0.15, 0.2) is 52.4 Å². The van der Waals surface area contributed by atoms with Crippen molar-refractivity contribution in [3.63, 3.8) is 0 Å². The van der Waals surface area contributed by atoms with E-state index in [9.17, 15) is 0 Å².